The summed E-state index contributed by atoms with van der Waals surface area (Å²) < 4.78 is 14.6. The zero-order valence-corrected chi connectivity index (χ0v) is 21.4. The summed E-state index contributed by atoms with van der Waals surface area (Å²) in [7, 11) is 0. The number of nitrogens with zero attached hydrogens (tertiary/aromatic N) is 2. The Kier molecular flexibility index (Phi) is 8.90. The maximum atomic E-state index is 13.7. The molecule has 35 heavy (non-hydrogen) atoms. The number of carbonyl (C=O) groups excluding carboxylic acids is 1. The molecule has 1 atom stereocenters. The number of nitrogens with one attached hydrogen (secondary N) is 1. The van der Waals surface area contributed by atoms with Crippen LogP contribution >= 0.6 is 15.9 Å². The number of anilines is 1. The molecule has 0 spiro atoms. The average molecular weight is 539 g/mol. The standard InChI is InChI=1S/C28H32BrFN4O/c29-24-10-11-27-23(18-24)20-34(28(35)26(31)17-22-8-4-9-25(30)16-22)15-14-33(13-5-12-32-27)19-21-6-2-1-3-7-21/h1-4,6-11,16,18,26,32H,5,12-15,17,19-20,31H2/t26-/m1/s1. The first kappa shape index (κ1) is 25.4. The molecule has 1 aliphatic heterocycles. The van der Waals surface area contributed by atoms with E-state index >= 15 is 0 Å². The van der Waals surface area contributed by atoms with Gasteiger partial charge in [0.2, 0.25) is 5.91 Å². The fourth-order valence-electron chi connectivity index (χ4n) is 4.48. The molecule has 0 saturated carbocycles. The SMILES string of the molecule is N[C@H](Cc1cccc(F)c1)C(=O)N1CCN(Cc2ccccc2)CCCNc2ccc(Br)cc2C1. The number of carbonyl (C=O) groups is 1. The van der Waals surface area contributed by atoms with Gasteiger partial charge in [-0.25, -0.2) is 4.39 Å². The molecule has 0 aliphatic carbocycles. The van der Waals surface area contributed by atoms with Crippen LogP contribution in [0.1, 0.15) is 23.1 Å². The second kappa shape index (κ2) is 12.3. The van der Waals surface area contributed by atoms with Crippen LogP contribution in [0.3, 0.4) is 0 Å². The first-order valence-corrected chi connectivity index (χ1v) is 12.8. The van der Waals surface area contributed by atoms with E-state index in [1.54, 1.807) is 12.1 Å². The third-order valence-corrected chi connectivity index (χ3v) is 6.80. The Hall–Kier alpha value is -2.74. The van der Waals surface area contributed by atoms with E-state index in [4.69, 9.17) is 5.73 Å². The van der Waals surface area contributed by atoms with Crippen LogP contribution in [0.25, 0.3) is 0 Å². The normalized spacial score (nSPS) is 16.0. The molecular weight excluding hydrogens is 507 g/mol. The highest BCUT2D eigenvalue weighted by molar-refractivity contribution is 9.10. The molecule has 184 valence electrons. The molecule has 4 rings (SSSR count). The van der Waals surface area contributed by atoms with Crippen LogP contribution in [0, 0.1) is 5.82 Å². The molecule has 0 saturated heterocycles. The van der Waals surface area contributed by atoms with Gasteiger partial charge in [0.15, 0.2) is 0 Å². The van der Waals surface area contributed by atoms with Crippen molar-refractivity contribution in [3.63, 3.8) is 0 Å². The third kappa shape index (κ3) is 7.37. The number of benzene rings is 3. The topological polar surface area (TPSA) is 61.6 Å². The van der Waals surface area contributed by atoms with Crippen molar-refractivity contribution >= 4 is 27.5 Å². The fourth-order valence-corrected chi connectivity index (χ4v) is 4.89. The van der Waals surface area contributed by atoms with E-state index < -0.39 is 6.04 Å². The molecule has 0 radical (unpaired) electrons. The van der Waals surface area contributed by atoms with Gasteiger partial charge in [-0.1, -0.05) is 58.4 Å². The van der Waals surface area contributed by atoms with Crippen LogP contribution in [-0.4, -0.2) is 47.9 Å². The summed E-state index contributed by atoms with van der Waals surface area (Å²) in [6.45, 7) is 4.37. The van der Waals surface area contributed by atoms with Crippen molar-refractivity contribution in [1.82, 2.24) is 9.80 Å². The Morgan fingerprint density at radius 3 is 2.60 bits per heavy atom. The van der Waals surface area contributed by atoms with E-state index in [0.29, 0.717) is 19.5 Å². The molecule has 0 aromatic heterocycles. The van der Waals surface area contributed by atoms with E-state index in [1.807, 2.05) is 23.1 Å². The Labute approximate surface area is 215 Å². The Morgan fingerprint density at radius 2 is 1.80 bits per heavy atom. The van der Waals surface area contributed by atoms with E-state index in [0.717, 1.165) is 53.9 Å². The number of halogens is 2. The molecular formula is C28H32BrFN4O. The molecule has 1 heterocycles. The van der Waals surface area contributed by atoms with E-state index in [-0.39, 0.29) is 11.7 Å². The Balaban J connectivity index is 1.55. The number of fused-ring (bicyclic) bond motifs is 1. The predicted octanol–water partition coefficient (Wildman–Crippen LogP) is 4.80. The number of hydrogen-bond donors (Lipinski definition) is 2. The molecule has 3 N–H and O–H groups in total. The minimum absolute atomic E-state index is 0.126. The lowest BCUT2D eigenvalue weighted by molar-refractivity contribution is -0.133. The van der Waals surface area contributed by atoms with Crippen LogP contribution in [0.5, 0.6) is 0 Å². The van der Waals surface area contributed by atoms with Crippen molar-refractivity contribution in [3.05, 3.63) is 99.8 Å². The van der Waals surface area contributed by atoms with Gasteiger partial charge in [-0.3, -0.25) is 9.69 Å². The average Bonchev–Trinajstić information content (AvgIpc) is 2.88. The summed E-state index contributed by atoms with van der Waals surface area (Å²) in [6, 6.07) is 22.1. The van der Waals surface area contributed by atoms with Gasteiger partial charge in [0.1, 0.15) is 5.82 Å². The minimum Gasteiger partial charge on any atom is -0.385 e. The van der Waals surface area contributed by atoms with Gasteiger partial charge in [-0.15, -0.1) is 0 Å². The lowest BCUT2D eigenvalue weighted by Crippen LogP contribution is -2.47. The van der Waals surface area contributed by atoms with Crippen molar-refractivity contribution in [2.45, 2.75) is 32.0 Å². The second-order valence-corrected chi connectivity index (χ2v) is 9.96. The molecule has 7 heteroatoms. The number of nitrogens with two attached hydrogens (primary N) is 1. The molecule has 0 unspecified atom stereocenters. The number of rotatable bonds is 5. The first-order valence-electron chi connectivity index (χ1n) is 12.1. The van der Waals surface area contributed by atoms with Gasteiger partial charge in [0, 0.05) is 49.4 Å². The first-order chi connectivity index (χ1) is 17.0. The quantitative estimate of drug-likeness (QED) is 0.489. The van der Waals surface area contributed by atoms with Gasteiger partial charge in [0.05, 0.1) is 6.04 Å². The largest absolute Gasteiger partial charge is 0.385 e. The molecule has 0 fully saturated rings. The third-order valence-electron chi connectivity index (χ3n) is 6.30. The summed E-state index contributed by atoms with van der Waals surface area (Å²) >= 11 is 3.57. The Bertz CT molecular complexity index is 1130. The van der Waals surface area contributed by atoms with Gasteiger partial charge in [-0.2, -0.15) is 0 Å². The monoisotopic (exact) mass is 538 g/mol. The second-order valence-electron chi connectivity index (χ2n) is 9.04. The van der Waals surface area contributed by atoms with Crippen molar-refractivity contribution in [2.75, 3.05) is 31.5 Å². The van der Waals surface area contributed by atoms with Crippen LogP contribution in [-0.2, 0) is 24.3 Å². The van der Waals surface area contributed by atoms with Crippen LogP contribution in [0.4, 0.5) is 10.1 Å². The number of amides is 1. The highest BCUT2D eigenvalue weighted by Crippen LogP contribution is 2.24. The summed E-state index contributed by atoms with van der Waals surface area (Å²) in [5, 5.41) is 3.55. The van der Waals surface area contributed by atoms with E-state index in [9.17, 15) is 9.18 Å². The summed E-state index contributed by atoms with van der Waals surface area (Å²) in [5.41, 5.74) is 10.4. The molecule has 0 bridgehead atoms. The van der Waals surface area contributed by atoms with Crippen molar-refractivity contribution in [3.8, 4) is 0 Å². The van der Waals surface area contributed by atoms with E-state index in [2.05, 4.69) is 56.5 Å². The lowest BCUT2D eigenvalue weighted by Gasteiger charge is -2.29. The number of hydrogen-bond acceptors (Lipinski definition) is 4. The maximum absolute atomic E-state index is 13.7. The van der Waals surface area contributed by atoms with Crippen LogP contribution in [0.15, 0.2) is 77.3 Å². The fraction of sp³-hybridized carbons (Fsp3) is 0.321. The van der Waals surface area contributed by atoms with E-state index in [1.165, 1.54) is 17.7 Å². The lowest BCUT2D eigenvalue weighted by atomic mass is 10.0. The van der Waals surface area contributed by atoms with Gasteiger partial charge in [0.25, 0.3) is 0 Å². The summed E-state index contributed by atoms with van der Waals surface area (Å²) in [4.78, 5) is 17.8. The summed E-state index contributed by atoms with van der Waals surface area (Å²) in [5.74, 6) is -0.446. The van der Waals surface area contributed by atoms with Crippen molar-refractivity contribution in [2.24, 2.45) is 5.73 Å². The summed E-state index contributed by atoms with van der Waals surface area (Å²) in [6.07, 6.45) is 1.29. The molecule has 3 aromatic rings. The van der Waals surface area contributed by atoms with Gasteiger partial charge < -0.3 is 16.0 Å². The smallest absolute Gasteiger partial charge is 0.240 e. The zero-order chi connectivity index (χ0) is 24.6. The van der Waals surface area contributed by atoms with Crippen molar-refractivity contribution in [1.29, 1.82) is 0 Å². The highest BCUT2D eigenvalue weighted by atomic mass is 79.9. The molecule has 5 nitrogen and oxygen atoms in total. The zero-order valence-electron chi connectivity index (χ0n) is 19.8. The highest BCUT2D eigenvalue weighted by Gasteiger charge is 2.24. The maximum Gasteiger partial charge on any atom is 0.240 e. The molecule has 3 aromatic carbocycles. The molecule has 1 amide bonds. The van der Waals surface area contributed by atoms with Crippen LogP contribution in [0.2, 0.25) is 0 Å². The van der Waals surface area contributed by atoms with Gasteiger partial charge >= 0.3 is 0 Å². The predicted molar refractivity (Wildman–Crippen MR) is 142 cm³/mol. The Morgan fingerprint density at radius 1 is 1.00 bits per heavy atom. The van der Waals surface area contributed by atoms with Crippen LogP contribution < -0.4 is 11.1 Å². The van der Waals surface area contributed by atoms with Crippen molar-refractivity contribution < 1.29 is 9.18 Å². The minimum atomic E-state index is -0.743. The molecule has 1 aliphatic rings. The van der Waals surface area contributed by atoms with Gasteiger partial charge in [-0.05, 0) is 59.9 Å².